The molecule has 0 atom stereocenters. The van der Waals surface area contributed by atoms with E-state index in [-0.39, 0.29) is 5.91 Å². The fourth-order valence-corrected chi connectivity index (χ4v) is 4.60. The summed E-state index contributed by atoms with van der Waals surface area (Å²) in [5.41, 5.74) is 3.53. The van der Waals surface area contributed by atoms with Crippen LogP contribution in [0.3, 0.4) is 0 Å². The number of fused-ring (bicyclic) bond motifs is 1. The lowest BCUT2D eigenvalue weighted by Gasteiger charge is -2.18. The Hall–Kier alpha value is -1.92. The summed E-state index contributed by atoms with van der Waals surface area (Å²) >= 11 is 3.11. The third-order valence-electron chi connectivity index (χ3n) is 4.15. The standard InChI is InChI=1S/C19H21N3OS2/c1-4-22(5-2)16(23)11-25-19-17-15(10-24-18(17)20-12-21-19)14-8-6-13(3)7-9-14/h6-10,12H,4-5,11H2,1-3H3. The van der Waals surface area contributed by atoms with Gasteiger partial charge in [-0.1, -0.05) is 41.6 Å². The van der Waals surface area contributed by atoms with E-state index in [1.165, 1.54) is 17.3 Å². The van der Waals surface area contributed by atoms with Gasteiger partial charge in [0.05, 0.1) is 11.1 Å². The molecule has 1 amide bonds. The number of aryl methyl sites for hydroxylation is 1. The molecule has 0 fully saturated rings. The first-order chi connectivity index (χ1) is 12.1. The molecule has 2 heterocycles. The molecule has 0 radical (unpaired) electrons. The van der Waals surface area contributed by atoms with Gasteiger partial charge in [-0.3, -0.25) is 4.79 Å². The van der Waals surface area contributed by atoms with Crippen LogP contribution in [0.25, 0.3) is 21.3 Å². The highest BCUT2D eigenvalue weighted by Crippen LogP contribution is 2.37. The molecule has 1 aromatic carbocycles. The van der Waals surface area contributed by atoms with Gasteiger partial charge in [0.2, 0.25) is 5.91 Å². The van der Waals surface area contributed by atoms with Crippen LogP contribution in [0.4, 0.5) is 0 Å². The van der Waals surface area contributed by atoms with Crippen LogP contribution in [0, 0.1) is 6.92 Å². The molecule has 0 saturated heterocycles. The highest BCUT2D eigenvalue weighted by molar-refractivity contribution is 8.00. The monoisotopic (exact) mass is 371 g/mol. The van der Waals surface area contributed by atoms with Gasteiger partial charge in [0.25, 0.3) is 0 Å². The number of amides is 1. The third-order valence-corrected chi connectivity index (χ3v) is 6.01. The second-order valence-corrected chi connectivity index (χ2v) is 7.55. The van der Waals surface area contributed by atoms with E-state index >= 15 is 0 Å². The molecule has 0 aliphatic rings. The van der Waals surface area contributed by atoms with E-state index in [2.05, 4.69) is 46.5 Å². The molecule has 6 heteroatoms. The van der Waals surface area contributed by atoms with Gasteiger partial charge >= 0.3 is 0 Å². The summed E-state index contributed by atoms with van der Waals surface area (Å²) in [7, 11) is 0. The number of thiophene rings is 1. The van der Waals surface area contributed by atoms with Crippen molar-refractivity contribution < 1.29 is 4.79 Å². The van der Waals surface area contributed by atoms with Gasteiger partial charge in [-0.2, -0.15) is 0 Å². The summed E-state index contributed by atoms with van der Waals surface area (Å²) in [6, 6.07) is 8.47. The minimum Gasteiger partial charge on any atom is -0.343 e. The number of carbonyl (C=O) groups excluding carboxylic acids is 1. The topological polar surface area (TPSA) is 46.1 Å². The van der Waals surface area contributed by atoms with Crippen molar-refractivity contribution >= 4 is 39.2 Å². The third kappa shape index (κ3) is 3.85. The Labute approximate surface area is 156 Å². The van der Waals surface area contributed by atoms with Gasteiger partial charge in [-0.25, -0.2) is 9.97 Å². The Balaban J connectivity index is 1.92. The molecule has 0 unspecified atom stereocenters. The fourth-order valence-electron chi connectivity index (χ4n) is 2.70. The van der Waals surface area contributed by atoms with Gasteiger partial charge in [-0.15, -0.1) is 11.3 Å². The molecule has 0 bridgehead atoms. The minimum atomic E-state index is 0.147. The first kappa shape index (κ1) is 17.9. The van der Waals surface area contributed by atoms with Crippen LogP contribution in [0.1, 0.15) is 19.4 Å². The fraction of sp³-hybridized carbons (Fsp3) is 0.316. The van der Waals surface area contributed by atoms with E-state index < -0.39 is 0 Å². The van der Waals surface area contributed by atoms with Crippen molar-refractivity contribution in [2.24, 2.45) is 0 Å². The zero-order chi connectivity index (χ0) is 17.8. The van der Waals surface area contributed by atoms with Crippen LogP contribution < -0.4 is 0 Å². The van der Waals surface area contributed by atoms with E-state index in [0.29, 0.717) is 5.75 Å². The molecule has 0 aliphatic carbocycles. The van der Waals surface area contributed by atoms with Gasteiger partial charge in [-0.05, 0) is 26.3 Å². The summed E-state index contributed by atoms with van der Waals surface area (Å²) in [4.78, 5) is 24.0. The van der Waals surface area contributed by atoms with Crippen LogP contribution in [-0.4, -0.2) is 39.6 Å². The van der Waals surface area contributed by atoms with Crippen molar-refractivity contribution in [1.29, 1.82) is 0 Å². The van der Waals surface area contributed by atoms with Crippen LogP contribution in [0.15, 0.2) is 41.0 Å². The number of rotatable bonds is 6. The molecule has 130 valence electrons. The first-order valence-corrected chi connectivity index (χ1v) is 10.2. The summed E-state index contributed by atoms with van der Waals surface area (Å²) in [6.45, 7) is 7.57. The Morgan fingerprint density at radius 1 is 1.16 bits per heavy atom. The molecule has 0 saturated carbocycles. The van der Waals surface area contributed by atoms with Crippen LogP contribution in [0.5, 0.6) is 0 Å². The van der Waals surface area contributed by atoms with Crippen molar-refractivity contribution in [3.05, 3.63) is 41.5 Å². The van der Waals surface area contributed by atoms with Crippen molar-refractivity contribution in [3.8, 4) is 11.1 Å². The van der Waals surface area contributed by atoms with Crippen molar-refractivity contribution in [3.63, 3.8) is 0 Å². The molecule has 0 N–H and O–H groups in total. The SMILES string of the molecule is CCN(CC)C(=O)CSc1ncnc2scc(-c3ccc(C)cc3)c12. The molecule has 3 rings (SSSR count). The highest BCUT2D eigenvalue weighted by Gasteiger charge is 2.16. The molecule has 0 spiro atoms. The zero-order valence-electron chi connectivity index (χ0n) is 14.7. The summed E-state index contributed by atoms with van der Waals surface area (Å²) < 4.78 is 0. The molecule has 3 aromatic rings. The minimum absolute atomic E-state index is 0.147. The molecule has 2 aromatic heterocycles. The van der Waals surface area contributed by atoms with Gasteiger partial charge in [0, 0.05) is 24.0 Å². The number of hydrogen-bond donors (Lipinski definition) is 0. The van der Waals surface area contributed by atoms with Gasteiger partial charge in [0.1, 0.15) is 16.2 Å². The second-order valence-electron chi connectivity index (χ2n) is 5.73. The lowest BCUT2D eigenvalue weighted by molar-refractivity contribution is -0.127. The van der Waals surface area contributed by atoms with E-state index in [1.54, 1.807) is 17.7 Å². The van der Waals surface area contributed by atoms with Crippen molar-refractivity contribution in [1.82, 2.24) is 14.9 Å². The summed E-state index contributed by atoms with van der Waals surface area (Å²) in [5, 5.41) is 4.05. The number of aromatic nitrogens is 2. The molecule has 4 nitrogen and oxygen atoms in total. The summed E-state index contributed by atoms with van der Waals surface area (Å²) in [5.74, 6) is 0.547. The Morgan fingerprint density at radius 2 is 1.88 bits per heavy atom. The normalized spacial score (nSPS) is 11.0. The van der Waals surface area contributed by atoms with E-state index in [4.69, 9.17) is 0 Å². The first-order valence-electron chi connectivity index (χ1n) is 8.33. The predicted molar refractivity (Wildman–Crippen MR) is 106 cm³/mol. The Kier molecular flexibility index (Phi) is 5.71. The average Bonchev–Trinajstić information content (AvgIpc) is 3.06. The maximum absolute atomic E-state index is 12.3. The number of thioether (sulfide) groups is 1. The summed E-state index contributed by atoms with van der Waals surface area (Å²) in [6.07, 6.45) is 1.59. The number of benzene rings is 1. The quantitative estimate of drug-likeness (QED) is 0.468. The Morgan fingerprint density at radius 3 is 2.56 bits per heavy atom. The maximum atomic E-state index is 12.3. The zero-order valence-corrected chi connectivity index (χ0v) is 16.3. The van der Waals surface area contributed by atoms with E-state index in [0.717, 1.165) is 39.5 Å². The maximum Gasteiger partial charge on any atom is 0.232 e. The van der Waals surface area contributed by atoms with Gasteiger partial charge < -0.3 is 4.90 Å². The van der Waals surface area contributed by atoms with E-state index in [1.807, 2.05) is 18.7 Å². The molecular weight excluding hydrogens is 350 g/mol. The van der Waals surface area contributed by atoms with Crippen molar-refractivity contribution in [2.45, 2.75) is 25.8 Å². The van der Waals surface area contributed by atoms with E-state index in [9.17, 15) is 4.79 Å². The smallest absolute Gasteiger partial charge is 0.232 e. The van der Waals surface area contributed by atoms with Crippen LogP contribution >= 0.6 is 23.1 Å². The van der Waals surface area contributed by atoms with Crippen LogP contribution in [0.2, 0.25) is 0 Å². The van der Waals surface area contributed by atoms with Gasteiger partial charge in [0.15, 0.2) is 0 Å². The number of carbonyl (C=O) groups is 1. The number of hydrogen-bond acceptors (Lipinski definition) is 5. The lowest BCUT2D eigenvalue weighted by atomic mass is 10.1. The number of nitrogens with zero attached hydrogens (tertiary/aromatic N) is 3. The highest BCUT2D eigenvalue weighted by atomic mass is 32.2. The predicted octanol–water partition coefficient (Wildman–Crippen LogP) is 4.63. The molecule has 0 aliphatic heterocycles. The average molecular weight is 372 g/mol. The molecular formula is C19H21N3OS2. The Bertz CT molecular complexity index is 870. The second kappa shape index (κ2) is 7.97. The van der Waals surface area contributed by atoms with Crippen molar-refractivity contribution in [2.75, 3.05) is 18.8 Å². The molecule has 25 heavy (non-hydrogen) atoms. The van der Waals surface area contributed by atoms with Crippen LogP contribution in [-0.2, 0) is 4.79 Å². The largest absolute Gasteiger partial charge is 0.343 e. The lowest BCUT2D eigenvalue weighted by Crippen LogP contribution is -2.31.